The zero-order chi connectivity index (χ0) is 52.9. The minimum absolute atomic E-state index is 0.000217. The molecule has 2 atom stereocenters. The Balaban J connectivity index is 1.23. The van der Waals surface area contributed by atoms with Crippen LogP contribution in [0.3, 0.4) is 0 Å². The summed E-state index contributed by atoms with van der Waals surface area (Å²) in [6.07, 6.45) is 4.78. The Hall–Kier alpha value is -6.26. The van der Waals surface area contributed by atoms with Crippen LogP contribution in [0.2, 0.25) is 0 Å². The second kappa shape index (κ2) is 15.5. The van der Waals surface area contributed by atoms with Crippen molar-refractivity contribution >= 4 is 62.4 Å². The molecule has 2 aliphatic carbocycles. The summed E-state index contributed by atoms with van der Waals surface area (Å²) < 4.78 is 2.79. The quantitative estimate of drug-likeness (QED) is 0.163. The lowest BCUT2D eigenvalue weighted by molar-refractivity contribution is 0.195. The average molecular weight is 984 g/mol. The molecular formula is C71H78BN3. The van der Waals surface area contributed by atoms with Crippen LogP contribution in [-0.4, -0.2) is 16.8 Å². The summed E-state index contributed by atoms with van der Waals surface area (Å²) in [5, 5.41) is 1.40. The van der Waals surface area contributed by atoms with E-state index in [4.69, 9.17) is 0 Å². The van der Waals surface area contributed by atoms with Gasteiger partial charge >= 0.3 is 0 Å². The molecule has 1 aromatic heterocycles. The molecule has 0 saturated heterocycles. The highest BCUT2D eigenvalue weighted by Crippen LogP contribution is 2.63. The SMILES string of the molecule is CC(C)(C)c1ccc(N2c3cc(C(C)(C)C)ccc3B3c4c2cc(N2c5ccc(C(C)(C)C)cc5C5(C)CCCCC25C)cc4-n2c4c(c5cc(C(C)(C)C)cc3c52)C(C)(C)c2ccccc2-4)c(-c2ccccc2)c1. The molecule has 4 heterocycles. The van der Waals surface area contributed by atoms with E-state index in [0.29, 0.717) is 0 Å². The maximum Gasteiger partial charge on any atom is 0.252 e. The van der Waals surface area contributed by atoms with Crippen molar-refractivity contribution in [2.45, 2.75) is 174 Å². The molecule has 8 aromatic rings. The lowest BCUT2D eigenvalue weighted by atomic mass is 9.33. The van der Waals surface area contributed by atoms with Crippen LogP contribution in [0.5, 0.6) is 0 Å². The number of benzene rings is 7. The number of rotatable bonds is 3. The highest BCUT2D eigenvalue weighted by molar-refractivity contribution is 7.00. The van der Waals surface area contributed by atoms with E-state index in [9.17, 15) is 0 Å². The van der Waals surface area contributed by atoms with Crippen LogP contribution in [-0.2, 0) is 32.5 Å². The van der Waals surface area contributed by atoms with Gasteiger partial charge in [-0.2, -0.15) is 0 Å². The van der Waals surface area contributed by atoms with Crippen LogP contribution < -0.4 is 26.2 Å². The third kappa shape index (κ3) is 6.66. The van der Waals surface area contributed by atoms with Crippen molar-refractivity contribution in [3.05, 3.63) is 172 Å². The molecule has 0 N–H and O–H groups in total. The molecule has 13 rings (SSSR count). The fourth-order valence-corrected chi connectivity index (χ4v) is 15.0. The van der Waals surface area contributed by atoms with Gasteiger partial charge in [-0.3, -0.25) is 0 Å². The highest BCUT2D eigenvalue weighted by atomic mass is 15.3. The van der Waals surface area contributed by atoms with Gasteiger partial charge in [0.2, 0.25) is 0 Å². The van der Waals surface area contributed by atoms with E-state index in [1.807, 2.05) is 0 Å². The lowest BCUT2D eigenvalue weighted by Gasteiger charge is -2.51. The molecule has 7 aromatic carbocycles. The van der Waals surface area contributed by atoms with Gasteiger partial charge in [-0.25, -0.2) is 0 Å². The van der Waals surface area contributed by atoms with E-state index in [1.165, 1.54) is 142 Å². The molecule has 3 aliphatic heterocycles. The lowest BCUT2D eigenvalue weighted by Crippen LogP contribution is -2.61. The van der Waals surface area contributed by atoms with Crippen molar-refractivity contribution in [1.29, 1.82) is 0 Å². The van der Waals surface area contributed by atoms with E-state index < -0.39 is 0 Å². The summed E-state index contributed by atoms with van der Waals surface area (Å²) >= 11 is 0. The summed E-state index contributed by atoms with van der Waals surface area (Å²) in [5.74, 6) is 0. The third-order valence-electron chi connectivity index (χ3n) is 19.5. The number of hydrogen-bond acceptors (Lipinski definition) is 2. The molecule has 0 radical (unpaired) electrons. The Bertz CT molecular complexity index is 3730. The van der Waals surface area contributed by atoms with Crippen molar-refractivity contribution in [2.75, 3.05) is 9.80 Å². The molecule has 5 aliphatic rings. The van der Waals surface area contributed by atoms with Gasteiger partial charge in [0.15, 0.2) is 0 Å². The van der Waals surface area contributed by atoms with Crippen LogP contribution in [0.25, 0.3) is 39.0 Å². The number of hydrogen-bond donors (Lipinski definition) is 0. The van der Waals surface area contributed by atoms with E-state index in [2.05, 4.69) is 259 Å². The second-order valence-corrected chi connectivity index (χ2v) is 28.6. The minimum Gasteiger partial charge on any atom is -0.334 e. The van der Waals surface area contributed by atoms with Gasteiger partial charge in [-0.15, -0.1) is 0 Å². The summed E-state index contributed by atoms with van der Waals surface area (Å²) in [5.41, 5.74) is 27.9. The second-order valence-electron chi connectivity index (χ2n) is 28.6. The molecule has 380 valence electrons. The van der Waals surface area contributed by atoms with Crippen molar-refractivity contribution < 1.29 is 0 Å². The third-order valence-corrected chi connectivity index (χ3v) is 19.5. The average Bonchev–Trinajstić information content (AvgIpc) is 4.03. The first-order chi connectivity index (χ1) is 35.2. The molecule has 2 unspecified atom stereocenters. The summed E-state index contributed by atoms with van der Waals surface area (Å²) in [6, 6.07) is 53.6. The maximum absolute atomic E-state index is 2.86. The fraction of sp³-hybridized carbons (Fsp3) is 0.380. The number of anilines is 5. The number of nitrogens with zero attached hydrogens (tertiary/aromatic N) is 3. The summed E-state index contributed by atoms with van der Waals surface area (Å²) in [6.45, 7) is 38.7. The Kier molecular flexibility index (Phi) is 9.97. The Morgan fingerprint density at radius 1 is 0.467 bits per heavy atom. The van der Waals surface area contributed by atoms with Gasteiger partial charge in [0.25, 0.3) is 6.71 Å². The molecular weight excluding hydrogens is 906 g/mol. The largest absolute Gasteiger partial charge is 0.334 e. The molecule has 0 bridgehead atoms. The first-order valence-corrected chi connectivity index (χ1v) is 28.3. The van der Waals surface area contributed by atoms with Gasteiger partial charge in [0.1, 0.15) is 0 Å². The predicted octanol–water partition coefficient (Wildman–Crippen LogP) is 17.1. The molecule has 0 amide bonds. The smallest absolute Gasteiger partial charge is 0.252 e. The molecule has 3 nitrogen and oxygen atoms in total. The van der Waals surface area contributed by atoms with Crippen molar-refractivity contribution in [3.8, 4) is 28.1 Å². The van der Waals surface area contributed by atoms with Crippen LogP contribution in [0.1, 0.15) is 175 Å². The minimum atomic E-state index is -0.204. The topological polar surface area (TPSA) is 11.4 Å². The van der Waals surface area contributed by atoms with Crippen LogP contribution in [0, 0.1) is 0 Å². The Morgan fingerprint density at radius 3 is 1.76 bits per heavy atom. The highest BCUT2D eigenvalue weighted by Gasteiger charge is 2.58. The Morgan fingerprint density at radius 2 is 1.07 bits per heavy atom. The van der Waals surface area contributed by atoms with Crippen molar-refractivity contribution in [3.63, 3.8) is 0 Å². The van der Waals surface area contributed by atoms with E-state index in [-0.39, 0.29) is 44.7 Å². The van der Waals surface area contributed by atoms with Crippen LogP contribution in [0.15, 0.2) is 133 Å². The zero-order valence-corrected chi connectivity index (χ0v) is 47.9. The maximum atomic E-state index is 2.86. The van der Waals surface area contributed by atoms with Gasteiger partial charge in [0.05, 0.1) is 16.9 Å². The normalized spacial score (nSPS) is 20.2. The summed E-state index contributed by atoms with van der Waals surface area (Å²) in [7, 11) is 0. The number of fused-ring (bicyclic) bond motifs is 12. The molecule has 0 spiro atoms. The van der Waals surface area contributed by atoms with Gasteiger partial charge < -0.3 is 14.4 Å². The van der Waals surface area contributed by atoms with E-state index in [1.54, 1.807) is 0 Å². The van der Waals surface area contributed by atoms with E-state index >= 15 is 0 Å². The first-order valence-electron chi connectivity index (χ1n) is 28.3. The molecule has 75 heavy (non-hydrogen) atoms. The van der Waals surface area contributed by atoms with Gasteiger partial charge in [0, 0.05) is 61.3 Å². The van der Waals surface area contributed by atoms with E-state index in [0.717, 1.165) is 6.42 Å². The zero-order valence-electron chi connectivity index (χ0n) is 47.9. The van der Waals surface area contributed by atoms with Crippen LogP contribution >= 0.6 is 0 Å². The van der Waals surface area contributed by atoms with Crippen molar-refractivity contribution in [2.24, 2.45) is 0 Å². The number of aromatic nitrogens is 1. The first kappa shape index (κ1) is 48.4. The van der Waals surface area contributed by atoms with Crippen molar-refractivity contribution in [1.82, 2.24) is 4.57 Å². The molecule has 1 saturated carbocycles. The standard InChI is InChI=1S/C71H78BN3/c1-65(2,3)44-29-32-56(50(36-44)43-24-18-17-19-25-43)73-58-40-46(67(7,8)9)28-31-54(58)72-55-39-47(68(10,11)12)37-51-61-64(49-26-20-21-27-52(49)69(61,13)14)74(63(51)55)60-42-48(41-59(73)62(60)72)75-57-33-30-45(66(4,5)6)38-53(57)70(15)34-22-23-35-71(70,75)16/h17-21,24-33,36-42H,22-23,34-35H2,1-16H3. The monoisotopic (exact) mass is 984 g/mol. The Labute approximate surface area is 449 Å². The molecule has 1 fully saturated rings. The summed E-state index contributed by atoms with van der Waals surface area (Å²) in [4.78, 5) is 5.59. The predicted molar refractivity (Wildman–Crippen MR) is 323 cm³/mol. The van der Waals surface area contributed by atoms with Crippen LogP contribution in [0.4, 0.5) is 28.4 Å². The molecule has 4 heteroatoms. The fourth-order valence-electron chi connectivity index (χ4n) is 15.0. The van der Waals surface area contributed by atoms with Gasteiger partial charge in [-0.1, -0.05) is 208 Å². The van der Waals surface area contributed by atoms with Gasteiger partial charge in [-0.05, 0) is 145 Å².